The lowest BCUT2D eigenvalue weighted by molar-refractivity contribution is -0.142. The number of hydrogen-bond acceptors (Lipinski definition) is 6. The number of ether oxygens (including phenoxy) is 1. The number of carbonyl (C=O) groups excluding carboxylic acids is 2. The molecule has 0 spiro atoms. The summed E-state index contributed by atoms with van der Waals surface area (Å²) in [5.41, 5.74) is 0.707. The molecule has 2 fully saturated rings. The first kappa shape index (κ1) is 18.0. The standard InChI is InChI=1S/C20H18N2O6/c1-28-12-9-5-8-11(17(12)23)15-13-14(16(21-15)20(26)27)19(25)22(18(13)24)10-6-3-2-4-7-10/h2-9,13-16,21,23H,1H3,(H,26,27). The Hall–Kier alpha value is -3.39. The third kappa shape index (κ3) is 2.53. The van der Waals surface area contributed by atoms with E-state index in [1.54, 1.807) is 48.5 Å². The smallest absolute Gasteiger partial charge is 0.321 e. The van der Waals surface area contributed by atoms with E-state index in [9.17, 15) is 24.6 Å². The molecule has 2 heterocycles. The minimum atomic E-state index is -1.24. The van der Waals surface area contributed by atoms with Crippen LogP contribution in [0.1, 0.15) is 11.6 Å². The molecule has 4 unspecified atom stereocenters. The third-order valence-electron chi connectivity index (χ3n) is 5.34. The molecule has 2 saturated heterocycles. The van der Waals surface area contributed by atoms with Gasteiger partial charge >= 0.3 is 5.97 Å². The first-order valence-electron chi connectivity index (χ1n) is 8.73. The predicted octanol–water partition coefficient (Wildman–Crippen LogP) is 1.30. The van der Waals surface area contributed by atoms with Crippen LogP contribution in [0.4, 0.5) is 5.69 Å². The van der Waals surface area contributed by atoms with Crippen LogP contribution in [-0.2, 0) is 14.4 Å². The topological polar surface area (TPSA) is 116 Å². The maximum Gasteiger partial charge on any atom is 0.321 e. The van der Waals surface area contributed by atoms with Crippen molar-refractivity contribution in [2.75, 3.05) is 12.0 Å². The van der Waals surface area contributed by atoms with Crippen molar-refractivity contribution in [2.24, 2.45) is 11.8 Å². The molecule has 144 valence electrons. The van der Waals surface area contributed by atoms with Crippen LogP contribution in [0.3, 0.4) is 0 Å². The Kier molecular flexibility index (Phi) is 4.27. The van der Waals surface area contributed by atoms with Gasteiger partial charge in [-0.05, 0) is 18.2 Å². The molecule has 0 saturated carbocycles. The Labute approximate surface area is 160 Å². The van der Waals surface area contributed by atoms with Gasteiger partial charge in [-0.15, -0.1) is 0 Å². The highest BCUT2D eigenvalue weighted by atomic mass is 16.5. The van der Waals surface area contributed by atoms with Crippen LogP contribution >= 0.6 is 0 Å². The largest absolute Gasteiger partial charge is 0.504 e. The summed E-state index contributed by atoms with van der Waals surface area (Å²) in [6.45, 7) is 0. The summed E-state index contributed by atoms with van der Waals surface area (Å²) in [7, 11) is 1.39. The van der Waals surface area contributed by atoms with Gasteiger partial charge in [0.2, 0.25) is 11.8 Å². The number of amides is 2. The zero-order valence-corrected chi connectivity index (χ0v) is 14.9. The van der Waals surface area contributed by atoms with Gasteiger partial charge in [-0.25, -0.2) is 4.90 Å². The Morgan fingerprint density at radius 2 is 1.71 bits per heavy atom. The summed E-state index contributed by atoms with van der Waals surface area (Å²) in [6, 6.07) is 11.1. The molecule has 2 aliphatic heterocycles. The number of carboxylic acid groups (broad SMARTS) is 1. The molecule has 2 aliphatic rings. The van der Waals surface area contributed by atoms with Crippen molar-refractivity contribution >= 4 is 23.5 Å². The van der Waals surface area contributed by atoms with Gasteiger partial charge in [0.1, 0.15) is 6.04 Å². The number of anilines is 1. The Morgan fingerprint density at radius 1 is 1.04 bits per heavy atom. The van der Waals surface area contributed by atoms with Crippen LogP contribution in [-0.4, -0.2) is 41.1 Å². The lowest BCUT2D eigenvalue weighted by atomic mass is 9.86. The van der Waals surface area contributed by atoms with Gasteiger partial charge in [0.15, 0.2) is 11.5 Å². The molecular weight excluding hydrogens is 364 g/mol. The summed E-state index contributed by atoms with van der Waals surface area (Å²) in [4.78, 5) is 39.0. The van der Waals surface area contributed by atoms with E-state index in [1.807, 2.05) is 0 Å². The quantitative estimate of drug-likeness (QED) is 0.683. The average Bonchev–Trinajstić information content (AvgIpc) is 3.20. The van der Waals surface area contributed by atoms with Crippen molar-refractivity contribution in [2.45, 2.75) is 12.1 Å². The van der Waals surface area contributed by atoms with Gasteiger partial charge in [-0.3, -0.25) is 19.7 Å². The Balaban J connectivity index is 1.81. The molecule has 3 N–H and O–H groups in total. The number of fused-ring (bicyclic) bond motifs is 1. The van der Waals surface area contributed by atoms with E-state index in [-0.39, 0.29) is 11.5 Å². The van der Waals surface area contributed by atoms with Gasteiger partial charge in [0, 0.05) is 11.6 Å². The number of benzene rings is 2. The first-order chi connectivity index (χ1) is 13.5. The highest BCUT2D eigenvalue weighted by Gasteiger charge is 2.61. The normalized spacial score (nSPS) is 26.4. The predicted molar refractivity (Wildman–Crippen MR) is 97.9 cm³/mol. The number of phenols is 1. The van der Waals surface area contributed by atoms with Crippen LogP contribution in [0.5, 0.6) is 11.5 Å². The maximum absolute atomic E-state index is 13.2. The fourth-order valence-electron chi connectivity index (χ4n) is 4.11. The summed E-state index contributed by atoms with van der Waals surface area (Å²) in [6.07, 6.45) is 0. The Morgan fingerprint density at radius 3 is 2.36 bits per heavy atom. The number of imide groups is 1. The zero-order valence-electron chi connectivity index (χ0n) is 14.9. The molecule has 0 radical (unpaired) electrons. The van der Waals surface area contributed by atoms with Crippen molar-refractivity contribution < 1.29 is 29.3 Å². The van der Waals surface area contributed by atoms with Crippen molar-refractivity contribution in [3.8, 4) is 11.5 Å². The number of hydrogen-bond donors (Lipinski definition) is 3. The molecule has 2 amide bonds. The van der Waals surface area contributed by atoms with Gasteiger partial charge in [-0.1, -0.05) is 30.3 Å². The minimum Gasteiger partial charge on any atom is -0.504 e. The van der Waals surface area contributed by atoms with Crippen LogP contribution in [0.25, 0.3) is 0 Å². The molecule has 2 aromatic rings. The van der Waals surface area contributed by atoms with Gasteiger partial charge in [0.25, 0.3) is 0 Å². The van der Waals surface area contributed by atoms with Gasteiger partial charge < -0.3 is 14.9 Å². The van der Waals surface area contributed by atoms with Crippen molar-refractivity contribution in [1.82, 2.24) is 5.32 Å². The number of rotatable bonds is 4. The minimum absolute atomic E-state index is 0.189. The number of carbonyl (C=O) groups is 3. The van der Waals surface area contributed by atoms with E-state index in [4.69, 9.17) is 4.74 Å². The highest BCUT2D eigenvalue weighted by Crippen LogP contribution is 2.48. The lowest BCUT2D eigenvalue weighted by Crippen LogP contribution is -2.43. The van der Waals surface area contributed by atoms with Crippen LogP contribution in [0.15, 0.2) is 48.5 Å². The lowest BCUT2D eigenvalue weighted by Gasteiger charge is -2.22. The maximum atomic E-state index is 13.2. The van der Waals surface area contributed by atoms with E-state index in [1.165, 1.54) is 7.11 Å². The van der Waals surface area contributed by atoms with Crippen LogP contribution in [0, 0.1) is 11.8 Å². The number of aromatic hydroxyl groups is 1. The molecule has 0 aliphatic carbocycles. The summed E-state index contributed by atoms with van der Waals surface area (Å²) in [5, 5.41) is 23.0. The summed E-state index contributed by atoms with van der Waals surface area (Å²) in [5.74, 6) is -4.30. The Bertz CT molecular complexity index is 960. The molecule has 4 atom stereocenters. The molecule has 8 heteroatoms. The molecule has 2 aromatic carbocycles. The number of carboxylic acids is 1. The zero-order chi connectivity index (χ0) is 20.0. The number of nitrogens with zero attached hydrogens (tertiary/aromatic N) is 1. The number of nitrogens with one attached hydrogen (secondary N) is 1. The fourth-order valence-corrected chi connectivity index (χ4v) is 4.11. The van der Waals surface area contributed by atoms with Crippen molar-refractivity contribution in [3.05, 3.63) is 54.1 Å². The monoisotopic (exact) mass is 382 g/mol. The number of methoxy groups -OCH3 is 1. The fraction of sp³-hybridized carbons (Fsp3) is 0.250. The molecule has 8 nitrogen and oxygen atoms in total. The number of para-hydroxylation sites is 2. The van der Waals surface area contributed by atoms with Gasteiger partial charge in [-0.2, -0.15) is 0 Å². The second-order valence-corrected chi connectivity index (χ2v) is 6.76. The third-order valence-corrected chi connectivity index (χ3v) is 5.34. The second-order valence-electron chi connectivity index (χ2n) is 6.76. The summed E-state index contributed by atoms with van der Waals surface area (Å²) >= 11 is 0. The van der Waals surface area contributed by atoms with Crippen LogP contribution in [0.2, 0.25) is 0 Å². The number of phenolic OH excluding ortho intramolecular Hbond substituents is 1. The van der Waals surface area contributed by atoms with E-state index in [0.29, 0.717) is 11.3 Å². The van der Waals surface area contributed by atoms with Crippen molar-refractivity contribution in [1.29, 1.82) is 0 Å². The van der Waals surface area contributed by atoms with E-state index < -0.39 is 41.7 Å². The molecule has 0 bridgehead atoms. The summed E-state index contributed by atoms with van der Waals surface area (Å²) < 4.78 is 5.11. The molecule has 4 rings (SSSR count). The highest BCUT2D eigenvalue weighted by molar-refractivity contribution is 6.23. The van der Waals surface area contributed by atoms with E-state index >= 15 is 0 Å². The molecule has 0 aromatic heterocycles. The second kappa shape index (κ2) is 6.65. The van der Waals surface area contributed by atoms with E-state index in [0.717, 1.165) is 4.90 Å². The molecule has 28 heavy (non-hydrogen) atoms. The average molecular weight is 382 g/mol. The first-order valence-corrected chi connectivity index (χ1v) is 8.73. The van der Waals surface area contributed by atoms with Gasteiger partial charge in [0.05, 0.1) is 24.6 Å². The molecular formula is C20H18N2O6. The van der Waals surface area contributed by atoms with Crippen molar-refractivity contribution in [3.63, 3.8) is 0 Å². The SMILES string of the molecule is COc1cccc(C2NC(C(=O)O)C3C(=O)N(c4ccccc4)C(=O)C23)c1O. The number of aliphatic carboxylic acids is 1. The van der Waals surface area contributed by atoms with Crippen LogP contribution < -0.4 is 15.0 Å². The van der Waals surface area contributed by atoms with E-state index in [2.05, 4.69) is 5.32 Å².